The normalized spacial score (nSPS) is 10.6. The Bertz CT molecular complexity index is 918. The van der Waals surface area contributed by atoms with Crippen LogP contribution in [-0.4, -0.2) is 38.0 Å². The van der Waals surface area contributed by atoms with Gasteiger partial charge in [0, 0.05) is 11.6 Å². The van der Waals surface area contributed by atoms with Crippen LogP contribution in [0.2, 0.25) is 0 Å². The molecule has 0 aliphatic heterocycles. The number of carbonyl (C=O) groups is 3. The molecule has 0 heterocycles. The minimum absolute atomic E-state index is 0.266. The maximum Gasteiger partial charge on any atom is 0.331 e. The zero-order chi connectivity index (χ0) is 21.9. The first-order valence-corrected chi connectivity index (χ1v) is 9.49. The molecule has 0 saturated heterocycles. The summed E-state index contributed by atoms with van der Waals surface area (Å²) in [7, 11) is 1.45. The average Bonchev–Trinajstić information content (AvgIpc) is 2.75. The second-order valence-corrected chi connectivity index (χ2v) is 6.48. The molecule has 0 saturated carbocycles. The summed E-state index contributed by atoms with van der Waals surface area (Å²) < 4.78 is 15.5. The Balaban J connectivity index is 1.90. The van der Waals surface area contributed by atoms with Crippen LogP contribution in [0, 0.1) is 0 Å². The van der Waals surface area contributed by atoms with Crippen molar-refractivity contribution in [3.05, 3.63) is 65.2 Å². The van der Waals surface area contributed by atoms with E-state index in [1.54, 1.807) is 30.3 Å². The average molecular weight is 411 g/mol. The van der Waals surface area contributed by atoms with E-state index in [-0.39, 0.29) is 19.0 Å². The van der Waals surface area contributed by atoms with E-state index in [4.69, 9.17) is 19.9 Å². The van der Waals surface area contributed by atoms with E-state index < -0.39 is 11.9 Å². The summed E-state index contributed by atoms with van der Waals surface area (Å²) in [5.74, 6) is -0.772. The minimum atomic E-state index is -0.640. The molecule has 158 valence electrons. The Kier molecular flexibility index (Phi) is 8.62. The first-order valence-electron chi connectivity index (χ1n) is 9.49. The van der Waals surface area contributed by atoms with Gasteiger partial charge in [0.25, 0.3) is 5.91 Å². The lowest BCUT2D eigenvalue weighted by molar-refractivity contribution is -0.136. The van der Waals surface area contributed by atoms with Crippen molar-refractivity contribution < 1.29 is 28.6 Å². The molecule has 2 rings (SSSR count). The number of rotatable bonds is 11. The predicted octanol–water partition coefficient (Wildman–Crippen LogP) is 2.95. The Labute approximate surface area is 175 Å². The van der Waals surface area contributed by atoms with E-state index in [1.165, 1.54) is 19.3 Å². The number of carbonyl (C=O) groups excluding carboxylic acids is 3. The number of benzene rings is 2. The van der Waals surface area contributed by atoms with Crippen molar-refractivity contribution in [1.82, 2.24) is 0 Å². The molecular formula is C23H25NO6. The minimum Gasteiger partial charge on any atom is -0.493 e. The van der Waals surface area contributed by atoms with Crippen LogP contribution in [0.3, 0.4) is 0 Å². The standard InChI is InChI=1S/C23H25NO6/c1-3-4-16-5-9-18(10-6-16)19(25)14-30-23(27)12-8-17-7-11-20(21(13-17)28-2)29-15-22(24)26/h5-13H,3-4,14-15H2,1-2H3,(H2,24,26)/b12-8+. The maximum absolute atomic E-state index is 12.2. The number of ether oxygens (including phenoxy) is 3. The van der Waals surface area contributed by atoms with E-state index >= 15 is 0 Å². The maximum atomic E-state index is 12.2. The first kappa shape index (κ1) is 22.7. The predicted molar refractivity (Wildman–Crippen MR) is 112 cm³/mol. The van der Waals surface area contributed by atoms with Gasteiger partial charge in [-0.2, -0.15) is 0 Å². The Hall–Kier alpha value is -3.61. The van der Waals surface area contributed by atoms with Gasteiger partial charge in [-0.1, -0.05) is 43.7 Å². The number of methoxy groups -OCH3 is 1. The molecule has 0 atom stereocenters. The first-order chi connectivity index (χ1) is 14.4. The molecule has 0 aliphatic rings. The van der Waals surface area contributed by atoms with Gasteiger partial charge >= 0.3 is 5.97 Å². The fourth-order valence-electron chi connectivity index (χ4n) is 2.63. The topological polar surface area (TPSA) is 105 Å². The number of hydrogen-bond donors (Lipinski definition) is 1. The summed E-state index contributed by atoms with van der Waals surface area (Å²) >= 11 is 0. The summed E-state index contributed by atoms with van der Waals surface area (Å²) in [6, 6.07) is 12.2. The van der Waals surface area contributed by atoms with Gasteiger partial charge < -0.3 is 19.9 Å². The molecule has 7 heteroatoms. The smallest absolute Gasteiger partial charge is 0.331 e. The Morgan fingerprint density at radius 1 is 1.00 bits per heavy atom. The molecule has 0 radical (unpaired) electrons. The number of nitrogens with two attached hydrogens (primary N) is 1. The van der Waals surface area contributed by atoms with Crippen molar-refractivity contribution in [1.29, 1.82) is 0 Å². The molecule has 2 aromatic carbocycles. The van der Waals surface area contributed by atoms with Crippen LogP contribution in [-0.2, 0) is 20.7 Å². The lowest BCUT2D eigenvalue weighted by Crippen LogP contribution is -2.20. The SMILES string of the molecule is CCCc1ccc(C(=O)COC(=O)/C=C/c2ccc(OCC(N)=O)c(OC)c2)cc1. The molecule has 1 amide bonds. The highest BCUT2D eigenvalue weighted by Gasteiger charge is 2.09. The van der Waals surface area contributed by atoms with Crippen LogP contribution in [0.15, 0.2) is 48.5 Å². The monoisotopic (exact) mass is 411 g/mol. The van der Waals surface area contributed by atoms with Gasteiger partial charge in [-0.25, -0.2) is 4.79 Å². The largest absolute Gasteiger partial charge is 0.493 e. The molecule has 2 N–H and O–H groups in total. The molecule has 0 bridgehead atoms. The van der Waals surface area contributed by atoms with E-state index in [0.717, 1.165) is 18.4 Å². The zero-order valence-corrected chi connectivity index (χ0v) is 17.1. The highest BCUT2D eigenvalue weighted by atomic mass is 16.5. The number of esters is 1. The van der Waals surface area contributed by atoms with Crippen molar-refractivity contribution in [2.24, 2.45) is 5.73 Å². The molecule has 0 aromatic heterocycles. The zero-order valence-electron chi connectivity index (χ0n) is 17.1. The second kappa shape index (κ2) is 11.4. The van der Waals surface area contributed by atoms with Gasteiger partial charge in [-0.3, -0.25) is 9.59 Å². The van der Waals surface area contributed by atoms with Gasteiger partial charge in [0.1, 0.15) is 0 Å². The number of amides is 1. The van der Waals surface area contributed by atoms with Crippen molar-refractivity contribution in [2.45, 2.75) is 19.8 Å². The van der Waals surface area contributed by atoms with Gasteiger partial charge in [0.2, 0.25) is 0 Å². The molecule has 0 fully saturated rings. The number of primary amides is 1. The highest BCUT2D eigenvalue weighted by molar-refractivity contribution is 5.98. The quantitative estimate of drug-likeness (QED) is 0.346. The summed E-state index contributed by atoms with van der Waals surface area (Å²) in [4.78, 5) is 34.9. The lowest BCUT2D eigenvalue weighted by Gasteiger charge is -2.09. The molecule has 2 aromatic rings. The summed E-state index contributed by atoms with van der Waals surface area (Å²) in [6.45, 7) is 1.49. The summed E-state index contributed by atoms with van der Waals surface area (Å²) in [5, 5.41) is 0. The van der Waals surface area contributed by atoms with E-state index in [2.05, 4.69) is 6.92 Å². The fourth-order valence-corrected chi connectivity index (χ4v) is 2.63. The number of hydrogen-bond acceptors (Lipinski definition) is 6. The Morgan fingerprint density at radius 2 is 1.73 bits per heavy atom. The fraction of sp³-hybridized carbons (Fsp3) is 0.261. The van der Waals surface area contributed by atoms with E-state index in [0.29, 0.717) is 22.6 Å². The summed E-state index contributed by atoms with van der Waals surface area (Å²) in [6.07, 6.45) is 4.73. The van der Waals surface area contributed by atoms with Gasteiger partial charge in [0.05, 0.1) is 7.11 Å². The van der Waals surface area contributed by atoms with E-state index in [1.807, 2.05) is 12.1 Å². The molecule has 30 heavy (non-hydrogen) atoms. The van der Waals surface area contributed by atoms with Crippen LogP contribution in [0.25, 0.3) is 6.08 Å². The van der Waals surface area contributed by atoms with Crippen molar-refractivity contribution in [2.75, 3.05) is 20.3 Å². The van der Waals surface area contributed by atoms with Crippen molar-refractivity contribution in [3.63, 3.8) is 0 Å². The van der Waals surface area contributed by atoms with Crippen LogP contribution in [0.4, 0.5) is 0 Å². The third-order valence-corrected chi connectivity index (χ3v) is 4.13. The molecule has 0 aliphatic carbocycles. The number of Topliss-reactive ketones (excluding diaryl/α,β-unsaturated/α-hetero) is 1. The lowest BCUT2D eigenvalue weighted by atomic mass is 10.1. The summed E-state index contributed by atoms with van der Waals surface area (Å²) in [5.41, 5.74) is 7.37. The third kappa shape index (κ3) is 7.09. The van der Waals surface area contributed by atoms with Crippen LogP contribution < -0.4 is 15.2 Å². The highest BCUT2D eigenvalue weighted by Crippen LogP contribution is 2.28. The van der Waals surface area contributed by atoms with Crippen LogP contribution in [0.1, 0.15) is 34.8 Å². The van der Waals surface area contributed by atoms with Crippen molar-refractivity contribution >= 4 is 23.7 Å². The molecular weight excluding hydrogens is 386 g/mol. The molecule has 0 spiro atoms. The molecule has 7 nitrogen and oxygen atoms in total. The number of aryl methyl sites for hydroxylation is 1. The Morgan fingerprint density at radius 3 is 2.37 bits per heavy atom. The second-order valence-electron chi connectivity index (χ2n) is 6.48. The van der Waals surface area contributed by atoms with E-state index in [9.17, 15) is 14.4 Å². The third-order valence-electron chi connectivity index (χ3n) is 4.13. The van der Waals surface area contributed by atoms with Gasteiger partial charge in [0.15, 0.2) is 30.5 Å². The molecule has 0 unspecified atom stereocenters. The van der Waals surface area contributed by atoms with Crippen molar-refractivity contribution in [3.8, 4) is 11.5 Å². The van der Waals surface area contributed by atoms with Crippen LogP contribution in [0.5, 0.6) is 11.5 Å². The number of ketones is 1. The van der Waals surface area contributed by atoms with Gasteiger partial charge in [-0.15, -0.1) is 0 Å². The van der Waals surface area contributed by atoms with Gasteiger partial charge in [-0.05, 0) is 35.8 Å². The van der Waals surface area contributed by atoms with Crippen LogP contribution >= 0.6 is 0 Å².